The Morgan fingerprint density at radius 2 is 2.00 bits per heavy atom. The molecule has 0 aliphatic rings. The first-order chi connectivity index (χ1) is 8.82. The molecule has 0 saturated heterocycles. The standard InChI is InChI=1S/C15H18ClNO2/c1-8(2)7-17-11-6-9(3)5-10(4)12(11)13(14(17)16)15(18)19/h5-6,8H,7H2,1-4H3,(H,18,19). The number of carbonyl (C=O) groups is 1. The molecule has 0 saturated carbocycles. The molecule has 1 N–H and O–H groups in total. The van der Waals surface area contributed by atoms with E-state index in [-0.39, 0.29) is 5.56 Å². The van der Waals surface area contributed by atoms with Gasteiger partial charge in [0.2, 0.25) is 0 Å². The third-order valence-corrected chi connectivity index (χ3v) is 3.60. The van der Waals surface area contributed by atoms with Gasteiger partial charge < -0.3 is 9.67 Å². The fraction of sp³-hybridized carbons (Fsp3) is 0.400. The van der Waals surface area contributed by atoms with Crippen LogP contribution in [-0.4, -0.2) is 15.6 Å². The van der Waals surface area contributed by atoms with Crippen LogP contribution in [0.3, 0.4) is 0 Å². The molecule has 2 aromatic rings. The van der Waals surface area contributed by atoms with E-state index in [1.807, 2.05) is 30.5 Å². The van der Waals surface area contributed by atoms with Gasteiger partial charge in [0.15, 0.2) is 0 Å². The van der Waals surface area contributed by atoms with Crippen molar-refractivity contribution in [1.82, 2.24) is 4.57 Å². The number of hydrogen-bond donors (Lipinski definition) is 1. The van der Waals surface area contributed by atoms with Gasteiger partial charge in [-0.2, -0.15) is 0 Å². The van der Waals surface area contributed by atoms with Crippen molar-refractivity contribution in [3.63, 3.8) is 0 Å². The zero-order valence-corrected chi connectivity index (χ0v) is 12.4. The topological polar surface area (TPSA) is 42.2 Å². The molecule has 0 unspecified atom stereocenters. The number of carboxylic acids is 1. The van der Waals surface area contributed by atoms with Crippen LogP contribution < -0.4 is 0 Å². The Hall–Kier alpha value is -1.48. The van der Waals surface area contributed by atoms with Gasteiger partial charge in [0.05, 0.1) is 5.52 Å². The molecule has 19 heavy (non-hydrogen) atoms. The molecule has 1 heterocycles. The van der Waals surface area contributed by atoms with Crippen LogP contribution >= 0.6 is 11.6 Å². The van der Waals surface area contributed by atoms with Crippen LogP contribution in [0.4, 0.5) is 0 Å². The molecule has 0 radical (unpaired) electrons. The van der Waals surface area contributed by atoms with Crippen LogP contribution in [-0.2, 0) is 6.54 Å². The highest BCUT2D eigenvalue weighted by Gasteiger charge is 2.22. The number of fused-ring (bicyclic) bond motifs is 1. The number of rotatable bonds is 3. The maximum Gasteiger partial charge on any atom is 0.339 e. The summed E-state index contributed by atoms with van der Waals surface area (Å²) < 4.78 is 1.91. The van der Waals surface area contributed by atoms with E-state index in [1.165, 1.54) is 0 Å². The highest BCUT2D eigenvalue weighted by atomic mass is 35.5. The first-order valence-corrected chi connectivity index (χ1v) is 6.73. The van der Waals surface area contributed by atoms with E-state index < -0.39 is 5.97 Å². The second-order valence-corrected chi connectivity index (χ2v) is 5.81. The number of carboxylic acid groups (broad SMARTS) is 1. The third-order valence-electron chi connectivity index (χ3n) is 3.20. The Labute approximate surface area is 117 Å². The molecule has 0 aliphatic heterocycles. The predicted octanol–water partition coefficient (Wildman–Crippen LogP) is 4.27. The Kier molecular flexibility index (Phi) is 3.59. The third kappa shape index (κ3) is 2.35. The summed E-state index contributed by atoms with van der Waals surface area (Å²) in [5, 5.41) is 10.5. The van der Waals surface area contributed by atoms with Gasteiger partial charge in [-0.1, -0.05) is 31.5 Å². The number of aromatic carboxylic acids is 1. The van der Waals surface area contributed by atoms with Gasteiger partial charge in [0.1, 0.15) is 10.7 Å². The normalized spacial score (nSPS) is 11.5. The van der Waals surface area contributed by atoms with Gasteiger partial charge in [-0.25, -0.2) is 4.79 Å². The lowest BCUT2D eigenvalue weighted by Gasteiger charge is -2.10. The highest BCUT2D eigenvalue weighted by molar-refractivity contribution is 6.35. The summed E-state index contributed by atoms with van der Waals surface area (Å²) >= 11 is 6.30. The number of halogens is 1. The predicted molar refractivity (Wildman–Crippen MR) is 78.2 cm³/mol. The van der Waals surface area contributed by atoms with Crippen LogP contribution in [0.5, 0.6) is 0 Å². The lowest BCUT2D eigenvalue weighted by Crippen LogP contribution is -2.05. The van der Waals surface area contributed by atoms with Crippen molar-refractivity contribution >= 4 is 28.5 Å². The van der Waals surface area contributed by atoms with Gasteiger partial charge >= 0.3 is 5.97 Å². The van der Waals surface area contributed by atoms with Crippen molar-refractivity contribution in [1.29, 1.82) is 0 Å². The fourth-order valence-corrected chi connectivity index (χ4v) is 2.90. The lowest BCUT2D eigenvalue weighted by molar-refractivity contribution is 0.0699. The number of aromatic nitrogens is 1. The average Bonchev–Trinajstić information content (AvgIpc) is 2.53. The molecule has 4 heteroatoms. The highest BCUT2D eigenvalue weighted by Crippen LogP contribution is 2.33. The van der Waals surface area contributed by atoms with E-state index in [4.69, 9.17) is 11.6 Å². The molecule has 0 aliphatic carbocycles. The van der Waals surface area contributed by atoms with Gasteiger partial charge in [-0.05, 0) is 37.0 Å². The van der Waals surface area contributed by atoms with Gasteiger partial charge in [0, 0.05) is 11.9 Å². The Balaban J connectivity index is 2.88. The molecule has 1 aromatic carbocycles. The van der Waals surface area contributed by atoms with Gasteiger partial charge in [-0.3, -0.25) is 0 Å². The maximum absolute atomic E-state index is 11.5. The maximum atomic E-state index is 11.5. The van der Waals surface area contributed by atoms with E-state index >= 15 is 0 Å². The van der Waals surface area contributed by atoms with Crippen LogP contribution in [0.15, 0.2) is 12.1 Å². The zero-order chi connectivity index (χ0) is 14.3. The molecule has 0 amide bonds. The molecule has 0 bridgehead atoms. The van der Waals surface area contributed by atoms with Crippen LogP contribution in [0.1, 0.15) is 35.3 Å². The summed E-state index contributed by atoms with van der Waals surface area (Å²) in [5.41, 5.74) is 3.20. The van der Waals surface area contributed by atoms with Crippen molar-refractivity contribution in [2.45, 2.75) is 34.2 Å². The van der Waals surface area contributed by atoms with E-state index in [0.717, 1.165) is 22.0 Å². The molecule has 0 atom stereocenters. The fourth-order valence-electron chi connectivity index (χ4n) is 2.57. The van der Waals surface area contributed by atoms with Gasteiger partial charge in [0.25, 0.3) is 0 Å². The molecule has 102 valence electrons. The molecule has 0 fully saturated rings. The summed E-state index contributed by atoms with van der Waals surface area (Å²) in [4.78, 5) is 11.5. The van der Waals surface area contributed by atoms with Crippen molar-refractivity contribution in [2.24, 2.45) is 5.92 Å². The van der Waals surface area contributed by atoms with Crippen molar-refractivity contribution in [2.75, 3.05) is 0 Å². The van der Waals surface area contributed by atoms with Gasteiger partial charge in [-0.15, -0.1) is 0 Å². The van der Waals surface area contributed by atoms with E-state index in [0.29, 0.717) is 17.6 Å². The summed E-state index contributed by atoms with van der Waals surface area (Å²) in [6.07, 6.45) is 0. The van der Waals surface area contributed by atoms with Crippen molar-refractivity contribution < 1.29 is 9.90 Å². The van der Waals surface area contributed by atoms with E-state index in [2.05, 4.69) is 13.8 Å². The molecular formula is C15H18ClNO2. The minimum Gasteiger partial charge on any atom is -0.478 e. The zero-order valence-electron chi connectivity index (χ0n) is 11.6. The summed E-state index contributed by atoms with van der Waals surface area (Å²) in [6, 6.07) is 3.99. The van der Waals surface area contributed by atoms with Crippen LogP contribution in [0.2, 0.25) is 5.15 Å². The van der Waals surface area contributed by atoms with Crippen molar-refractivity contribution in [3.8, 4) is 0 Å². The van der Waals surface area contributed by atoms with Crippen LogP contribution in [0, 0.1) is 19.8 Å². The smallest absolute Gasteiger partial charge is 0.339 e. The average molecular weight is 280 g/mol. The second kappa shape index (κ2) is 4.89. The summed E-state index contributed by atoms with van der Waals surface area (Å²) in [6.45, 7) is 8.83. The quantitative estimate of drug-likeness (QED) is 0.912. The molecular weight excluding hydrogens is 262 g/mol. The molecule has 2 rings (SSSR count). The summed E-state index contributed by atoms with van der Waals surface area (Å²) in [5.74, 6) is -0.569. The SMILES string of the molecule is Cc1cc(C)c2c(C(=O)O)c(Cl)n(CC(C)C)c2c1. The van der Waals surface area contributed by atoms with E-state index in [9.17, 15) is 9.90 Å². The lowest BCUT2D eigenvalue weighted by atomic mass is 10.0. The number of aryl methyl sites for hydroxylation is 2. The summed E-state index contributed by atoms with van der Waals surface area (Å²) in [7, 11) is 0. The second-order valence-electron chi connectivity index (χ2n) is 5.45. The van der Waals surface area contributed by atoms with Crippen LogP contribution in [0.25, 0.3) is 10.9 Å². The first-order valence-electron chi connectivity index (χ1n) is 6.35. The van der Waals surface area contributed by atoms with E-state index in [1.54, 1.807) is 0 Å². The number of nitrogens with zero attached hydrogens (tertiary/aromatic N) is 1. The largest absolute Gasteiger partial charge is 0.478 e. The monoisotopic (exact) mass is 279 g/mol. The molecule has 0 spiro atoms. The first kappa shape index (κ1) is 13.9. The number of hydrogen-bond acceptors (Lipinski definition) is 1. The Morgan fingerprint density at radius 3 is 2.53 bits per heavy atom. The van der Waals surface area contributed by atoms with Crippen molar-refractivity contribution in [3.05, 3.63) is 34.0 Å². The number of benzene rings is 1. The minimum absolute atomic E-state index is 0.217. The molecule has 3 nitrogen and oxygen atoms in total. The Bertz CT molecular complexity index is 656. The minimum atomic E-state index is -0.968. The Morgan fingerprint density at radius 1 is 1.37 bits per heavy atom. The molecule has 1 aromatic heterocycles.